The first-order chi connectivity index (χ1) is 24.2. The van der Waals surface area contributed by atoms with E-state index in [1.165, 1.54) is 6.07 Å². The molecule has 4 aromatic rings. The summed E-state index contributed by atoms with van der Waals surface area (Å²) < 4.78 is 22.2. The van der Waals surface area contributed by atoms with Gasteiger partial charge < -0.3 is 25.9 Å². The van der Waals surface area contributed by atoms with Crippen LogP contribution in [0.2, 0.25) is 5.02 Å². The predicted octanol–water partition coefficient (Wildman–Crippen LogP) is 7.63. The Labute approximate surface area is 300 Å². The number of amides is 2. The molecule has 0 spiro atoms. The predicted molar refractivity (Wildman–Crippen MR) is 199 cm³/mol. The van der Waals surface area contributed by atoms with Gasteiger partial charge in [-0.15, -0.1) is 0 Å². The molecule has 2 amide bonds. The van der Waals surface area contributed by atoms with Gasteiger partial charge in [-0.3, -0.25) is 19.0 Å². The average molecular weight is 725 g/mol. The molecular weight excluding hydrogens is 675 g/mol. The number of hydrogen-bond donors (Lipinski definition) is 5. The molecule has 12 heteroatoms. The highest BCUT2D eigenvalue weighted by atomic mass is 35.5. The summed E-state index contributed by atoms with van der Waals surface area (Å²) in [7, 11) is -4.21. The average Bonchev–Trinajstić information content (AvgIpc) is 3.52. The highest BCUT2D eigenvalue weighted by Gasteiger charge is 2.26. The zero-order valence-corrected chi connectivity index (χ0v) is 30.2. The number of aromatic nitrogens is 1. The van der Waals surface area contributed by atoms with Crippen LogP contribution in [0.3, 0.4) is 0 Å². The third kappa shape index (κ3) is 13.6. The SMILES string of the molecule is N[C@H](Cc1ccccc1)C(=O)N[C@H](Cc1c[nH]c2ccccc12)C(=O)NCCCCCCCCCCCCOP(=O)(O)Oc1ccccc1Cl. The van der Waals surface area contributed by atoms with E-state index in [9.17, 15) is 19.0 Å². The number of unbranched alkanes of at least 4 members (excludes halogenated alkanes) is 9. The van der Waals surface area contributed by atoms with Crippen LogP contribution in [0.4, 0.5) is 0 Å². The number of phosphoric ester groups is 1. The normalized spacial score (nSPS) is 13.7. The van der Waals surface area contributed by atoms with Crippen LogP contribution < -0.4 is 20.9 Å². The maximum atomic E-state index is 13.3. The maximum Gasteiger partial charge on any atom is 0.527 e. The van der Waals surface area contributed by atoms with E-state index in [1.807, 2.05) is 60.8 Å². The third-order valence-electron chi connectivity index (χ3n) is 8.54. The van der Waals surface area contributed by atoms with Crippen molar-refractivity contribution in [3.05, 3.63) is 101 Å². The molecule has 3 atom stereocenters. The number of phosphoric acid groups is 1. The lowest BCUT2D eigenvalue weighted by Crippen LogP contribution is -2.53. The fraction of sp³-hybridized carbons (Fsp3) is 0.421. The van der Waals surface area contributed by atoms with Crippen LogP contribution in [-0.2, 0) is 31.5 Å². The number of nitrogens with two attached hydrogens (primary N) is 1. The van der Waals surface area contributed by atoms with Crippen molar-refractivity contribution in [2.24, 2.45) is 5.73 Å². The van der Waals surface area contributed by atoms with Crippen LogP contribution in [0.25, 0.3) is 10.9 Å². The smallest absolute Gasteiger partial charge is 0.403 e. The zero-order valence-electron chi connectivity index (χ0n) is 28.5. The van der Waals surface area contributed by atoms with Crippen LogP contribution in [-0.4, -0.2) is 46.9 Å². The second kappa shape index (κ2) is 20.9. The molecule has 1 aromatic heterocycles. The zero-order chi connectivity index (χ0) is 35.6. The van der Waals surface area contributed by atoms with Crippen LogP contribution >= 0.6 is 19.4 Å². The molecule has 6 N–H and O–H groups in total. The van der Waals surface area contributed by atoms with Gasteiger partial charge in [-0.05, 0) is 48.6 Å². The number of hydrogen-bond acceptors (Lipinski definition) is 6. The molecule has 50 heavy (non-hydrogen) atoms. The molecule has 0 aliphatic rings. The molecule has 0 bridgehead atoms. The van der Waals surface area contributed by atoms with Gasteiger partial charge in [-0.1, -0.05) is 124 Å². The molecule has 0 fully saturated rings. The van der Waals surface area contributed by atoms with Gasteiger partial charge in [-0.25, -0.2) is 4.57 Å². The molecular formula is C38H50ClN4O6P. The lowest BCUT2D eigenvalue weighted by Gasteiger charge is -2.21. The summed E-state index contributed by atoms with van der Waals surface area (Å²) in [4.78, 5) is 39.6. The van der Waals surface area contributed by atoms with Crippen LogP contribution in [0.5, 0.6) is 5.75 Å². The van der Waals surface area contributed by atoms with E-state index in [2.05, 4.69) is 15.6 Å². The number of fused-ring (bicyclic) bond motifs is 1. The molecule has 0 saturated heterocycles. The summed E-state index contributed by atoms with van der Waals surface area (Å²) in [5, 5.41) is 7.23. The Morgan fingerprint density at radius 1 is 0.800 bits per heavy atom. The summed E-state index contributed by atoms with van der Waals surface area (Å²) in [5.74, 6) is -0.440. The van der Waals surface area contributed by atoms with Gasteiger partial charge in [0.1, 0.15) is 11.8 Å². The standard InChI is InChI=1S/C38H50ClN4O6P/c39-32-21-13-15-23-36(32)49-50(46,47)48-25-17-8-6-4-2-1-3-5-7-16-24-41-38(45)35(27-30-28-42-34-22-14-12-20-31(30)34)43-37(44)33(40)26-29-18-10-9-11-19-29/h9-15,18-23,28,33,35,42H,1-8,16-17,24-27,40H2,(H,41,45)(H,43,44)(H,46,47)/t33-,35-/m1/s1. The Bertz CT molecular complexity index is 1670. The van der Waals surface area contributed by atoms with Gasteiger partial charge >= 0.3 is 7.82 Å². The van der Waals surface area contributed by atoms with Gasteiger partial charge in [-0.2, -0.15) is 0 Å². The number of para-hydroxylation sites is 2. The number of carbonyl (C=O) groups excluding carboxylic acids is 2. The van der Waals surface area contributed by atoms with Crippen molar-refractivity contribution in [3.63, 3.8) is 0 Å². The quantitative estimate of drug-likeness (QED) is 0.0389. The molecule has 0 radical (unpaired) electrons. The van der Waals surface area contributed by atoms with Gasteiger partial charge in [0, 0.05) is 30.1 Å². The lowest BCUT2D eigenvalue weighted by molar-refractivity contribution is -0.129. The van der Waals surface area contributed by atoms with Crippen molar-refractivity contribution in [2.75, 3.05) is 13.2 Å². The minimum absolute atomic E-state index is 0.122. The van der Waals surface area contributed by atoms with Crippen molar-refractivity contribution in [1.82, 2.24) is 15.6 Å². The first-order valence-electron chi connectivity index (χ1n) is 17.6. The third-order valence-corrected chi connectivity index (χ3v) is 9.79. The number of aromatic amines is 1. The Hall–Kier alpha value is -3.66. The first-order valence-corrected chi connectivity index (χ1v) is 19.4. The number of halogens is 1. The molecule has 0 aliphatic heterocycles. The fourth-order valence-corrected chi connectivity index (χ4v) is 6.84. The highest BCUT2D eigenvalue weighted by molar-refractivity contribution is 7.47. The number of rotatable bonds is 23. The van der Waals surface area contributed by atoms with E-state index in [-0.39, 0.29) is 29.2 Å². The highest BCUT2D eigenvalue weighted by Crippen LogP contribution is 2.45. The second-order valence-corrected chi connectivity index (χ2v) is 14.4. The number of carbonyl (C=O) groups is 2. The topological polar surface area (TPSA) is 156 Å². The summed E-state index contributed by atoms with van der Waals surface area (Å²) >= 11 is 5.97. The van der Waals surface area contributed by atoms with Crippen molar-refractivity contribution < 1.29 is 28.1 Å². The molecule has 270 valence electrons. The van der Waals surface area contributed by atoms with E-state index in [4.69, 9.17) is 26.4 Å². The van der Waals surface area contributed by atoms with Gasteiger partial charge in [0.2, 0.25) is 11.8 Å². The summed E-state index contributed by atoms with van der Waals surface area (Å²) in [6, 6.07) is 22.5. The summed E-state index contributed by atoms with van der Waals surface area (Å²) in [6.45, 7) is 0.689. The molecule has 1 heterocycles. The van der Waals surface area contributed by atoms with Gasteiger partial charge in [0.05, 0.1) is 17.7 Å². The lowest BCUT2D eigenvalue weighted by atomic mass is 10.0. The largest absolute Gasteiger partial charge is 0.527 e. The molecule has 3 aromatic carbocycles. The summed E-state index contributed by atoms with van der Waals surface area (Å²) in [6.07, 6.45) is 12.7. The van der Waals surface area contributed by atoms with Gasteiger partial charge in [0.15, 0.2) is 0 Å². The maximum absolute atomic E-state index is 13.3. The minimum atomic E-state index is -4.21. The van der Waals surface area contributed by atoms with Crippen molar-refractivity contribution in [3.8, 4) is 5.75 Å². The van der Waals surface area contributed by atoms with E-state index >= 15 is 0 Å². The van der Waals surface area contributed by atoms with Crippen LogP contribution in [0, 0.1) is 0 Å². The van der Waals surface area contributed by atoms with Crippen molar-refractivity contribution >= 4 is 42.1 Å². The molecule has 0 saturated carbocycles. The minimum Gasteiger partial charge on any atom is -0.403 e. The fourth-order valence-electron chi connectivity index (χ4n) is 5.79. The van der Waals surface area contributed by atoms with E-state index in [1.54, 1.807) is 18.2 Å². The molecule has 4 rings (SSSR count). The Kier molecular flexibility index (Phi) is 16.3. The van der Waals surface area contributed by atoms with Crippen LogP contribution in [0.15, 0.2) is 85.1 Å². The Morgan fingerprint density at radius 3 is 2.14 bits per heavy atom. The summed E-state index contributed by atoms with van der Waals surface area (Å²) in [5.41, 5.74) is 9.15. The Morgan fingerprint density at radius 2 is 1.42 bits per heavy atom. The number of nitrogens with one attached hydrogen (secondary N) is 3. The van der Waals surface area contributed by atoms with E-state index in [0.717, 1.165) is 79.8 Å². The molecule has 1 unspecified atom stereocenters. The second-order valence-electron chi connectivity index (χ2n) is 12.6. The first kappa shape index (κ1) is 39.1. The number of H-pyrrole nitrogens is 1. The monoisotopic (exact) mass is 724 g/mol. The number of benzene rings is 3. The Balaban J connectivity index is 1.08. The molecule has 0 aliphatic carbocycles. The van der Waals surface area contributed by atoms with Gasteiger partial charge in [0.25, 0.3) is 0 Å². The molecule has 10 nitrogen and oxygen atoms in total. The van der Waals surface area contributed by atoms with E-state index < -0.39 is 19.9 Å². The van der Waals surface area contributed by atoms with E-state index in [0.29, 0.717) is 25.8 Å². The van der Waals surface area contributed by atoms with Crippen molar-refractivity contribution in [2.45, 2.75) is 89.1 Å². The van der Waals surface area contributed by atoms with Crippen molar-refractivity contribution in [1.29, 1.82) is 0 Å². The van der Waals surface area contributed by atoms with Crippen LogP contribution in [0.1, 0.15) is 75.3 Å².